The van der Waals surface area contributed by atoms with Crippen molar-refractivity contribution in [3.63, 3.8) is 0 Å². The number of β-amino-alcohol motifs (C(OH)–C–C–N with tert-alkyl or cyclic N) is 1. The summed E-state index contributed by atoms with van der Waals surface area (Å²) in [4.78, 5) is 2.33. The number of likely N-dealkylation sites (tertiary alicyclic amines) is 1. The van der Waals surface area contributed by atoms with E-state index in [-0.39, 0.29) is 5.60 Å². The van der Waals surface area contributed by atoms with Gasteiger partial charge in [-0.15, -0.1) is 0 Å². The summed E-state index contributed by atoms with van der Waals surface area (Å²) < 4.78 is 5.29. The van der Waals surface area contributed by atoms with E-state index in [0.717, 1.165) is 39.1 Å². The number of hydrogen-bond donors (Lipinski definition) is 1. The van der Waals surface area contributed by atoms with Gasteiger partial charge < -0.3 is 9.84 Å². The molecule has 0 aromatic rings. The summed E-state index contributed by atoms with van der Waals surface area (Å²) in [5.41, 5.74) is -0.386. The summed E-state index contributed by atoms with van der Waals surface area (Å²) in [7, 11) is 0. The topological polar surface area (TPSA) is 32.7 Å². The van der Waals surface area contributed by atoms with Crippen molar-refractivity contribution in [3.8, 4) is 0 Å². The Bertz CT molecular complexity index is 160. The van der Waals surface area contributed by atoms with Crippen LogP contribution in [0, 0.1) is 0 Å². The van der Waals surface area contributed by atoms with Crippen LogP contribution in [0.3, 0.4) is 0 Å². The first kappa shape index (κ1) is 8.48. The lowest BCUT2D eigenvalue weighted by Gasteiger charge is -2.48. The Morgan fingerprint density at radius 3 is 2.83 bits per heavy atom. The Labute approximate surface area is 73.3 Å². The summed E-state index contributed by atoms with van der Waals surface area (Å²) in [6.45, 7) is 5.49. The summed E-state index contributed by atoms with van der Waals surface area (Å²) in [5, 5.41) is 9.77. The van der Waals surface area contributed by atoms with Gasteiger partial charge in [0, 0.05) is 25.7 Å². The lowest BCUT2D eigenvalue weighted by atomic mass is 9.89. The molecule has 0 aromatic heterocycles. The van der Waals surface area contributed by atoms with Crippen LogP contribution in [0.15, 0.2) is 0 Å². The molecule has 0 bridgehead atoms. The summed E-state index contributed by atoms with van der Waals surface area (Å²) in [6, 6.07) is 0.580. The van der Waals surface area contributed by atoms with Gasteiger partial charge in [-0.2, -0.15) is 0 Å². The lowest BCUT2D eigenvalue weighted by molar-refractivity contribution is -0.116. The van der Waals surface area contributed by atoms with Crippen LogP contribution < -0.4 is 0 Å². The third kappa shape index (κ3) is 1.37. The number of aliphatic hydroxyl groups is 1. The molecule has 1 unspecified atom stereocenters. The van der Waals surface area contributed by atoms with Crippen molar-refractivity contribution in [1.29, 1.82) is 0 Å². The molecule has 0 aliphatic carbocycles. The lowest BCUT2D eigenvalue weighted by Crippen LogP contribution is -2.64. The zero-order chi connectivity index (χ0) is 8.60. The fourth-order valence-electron chi connectivity index (χ4n) is 2.00. The van der Waals surface area contributed by atoms with Crippen molar-refractivity contribution >= 4 is 0 Å². The minimum atomic E-state index is -0.386. The fourth-order valence-corrected chi connectivity index (χ4v) is 2.00. The standard InChI is InChI=1S/C9H17NO2/c1-2-9(11)6-10(7-9)8-3-4-12-5-8/h8,11H,2-7H2,1H3. The molecule has 0 saturated carbocycles. The van der Waals surface area contributed by atoms with Crippen molar-refractivity contribution in [2.45, 2.75) is 31.4 Å². The normalized spacial score (nSPS) is 35.0. The van der Waals surface area contributed by atoms with Crippen molar-refractivity contribution in [3.05, 3.63) is 0 Å². The van der Waals surface area contributed by atoms with Crippen LogP contribution >= 0.6 is 0 Å². The molecule has 2 aliphatic rings. The number of hydrogen-bond acceptors (Lipinski definition) is 3. The SMILES string of the molecule is CCC1(O)CN(C2CCOC2)C1. The van der Waals surface area contributed by atoms with Crippen molar-refractivity contribution in [2.75, 3.05) is 26.3 Å². The largest absolute Gasteiger partial charge is 0.387 e. The Morgan fingerprint density at radius 1 is 1.58 bits per heavy atom. The van der Waals surface area contributed by atoms with E-state index in [1.54, 1.807) is 0 Å². The van der Waals surface area contributed by atoms with Gasteiger partial charge >= 0.3 is 0 Å². The number of ether oxygens (including phenoxy) is 1. The zero-order valence-electron chi connectivity index (χ0n) is 7.62. The highest BCUT2D eigenvalue weighted by Crippen LogP contribution is 2.28. The molecular weight excluding hydrogens is 154 g/mol. The maximum atomic E-state index is 9.77. The van der Waals surface area contributed by atoms with Crippen LogP contribution in [-0.4, -0.2) is 48.0 Å². The molecule has 3 nitrogen and oxygen atoms in total. The third-order valence-corrected chi connectivity index (χ3v) is 3.07. The first-order chi connectivity index (χ1) is 5.73. The van der Waals surface area contributed by atoms with Crippen LogP contribution in [0.5, 0.6) is 0 Å². The van der Waals surface area contributed by atoms with Gasteiger partial charge in [0.25, 0.3) is 0 Å². The molecule has 0 spiro atoms. The highest BCUT2D eigenvalue weighted by Gasteiger charge is 2.43. The summed E-state index contributed by atoms with van der Waals surface area (Å²) in [6.07, 6.45) is 2.01. The molecule has 1 N–H and O–H groups in total. The van der Waals surface area contributed by atoms with Crippen LogP contribution in [0.2, 0.25) is 0 Å². The van der Waals surface area contributed by atoms with Crippen LogP contribution in [0.4, 0.5) is 0 Å². The van der Waals surface area contributed by atoms with Gasteiger partial charge in [-0.3, -0.25) is 4.90 Å². The molecule has 2 rings (SSSR count). The Balaban J connectivity index is 1.80. The Morgan fingerprint density at radius 2 is 2.33 bits per heavy atom. The Kier molecular flexibility index (Phi) is 2.10. The molecule has 3 heteroatoms. The molecule has 1 atom stereocenters. The van der Waals surface area contributed by atoms with E-state index in [2.05, 4.69) is 4.90 Å². The van der Waals surface area contributed by atoms with Gasteiger partial charge in [-0.05, 0) is 12.8 Å². The smallest absolute Gasteiger partial charge is 0.0897 e. The van der Waals surface area contributed by atoms with Crippen LogP contribution in [0.1, 0.15) is 19.8 Å². The zero-order valence-corrected chi connectivity index (χ0v) is 7.62. The first-order valence-electron chi connectivity index (χ1n) is 4.78. The second-order valence-corrected chi connectivity index (χ2v) is 4.00. The van der Waals surface area contributed by atoms with Crippen molar-refractivity contribution in [2.24, 2.45) is 0 Å². The van der Waals surface area contributed by atoms with Crippen LogP contribution in [-0.2, 0) is 4.74 Å². The molecule has 2 heterocycles. The average Bonchev–Trinajstić information content (AvgIpc) is 2.50. The molecular formula is C9H17NO2. The van der Waals surface area contributed by atoms with E-state index < -0.39 is 0 Å². The molecule has 2 fully saturated rings. The van der Waals surface area contributed by atoms with Gasteiger partial charge in [-0.1, -0.05) is 6.92 Å². The van der Waals surface area contributed by atoms with Crippen LogP contribution in [0.25, 0.3) is 0 Å². The molecule has 0 radical (unpaired) electrons. The molecule has 0 amide bonds. The monoisotopic (exact) mass is 171 g/mol. The van der Waals surface area contributed by atoms with Gasteiger partial charge in [0.05, 0.1) is 12.2 Å². The third-order valence-electron chi connectivity index (χ3n) is 3.07. The highest BCUT2D eigenvalue weighted by molar-refractivity contribution is 4.97. The summed E-state index contributed by atoms with van der Waals surface area (Å²) in [5.74, 6) is 0. The van der Waals surface area contributed by atoms with Gasteiger partial charge in [0.2, 0.25) is 0 Å². The summed E-state index contributed by atoms with van der Waals surface area (Å²) >= 11 is 0. The van der Waals surface area contributed by atoms with E-state index in [1.807, 2.05) is 6.92 Å². The maximum Gasteiger partial charge on any atom is 0.0897 e. The molecule has 2 aliphatic heterocycles. The minimum absolute atomic E-state index is 0.386. The maximum absolute atomic E-state index is 9.77. The number of rotatable bonds is 2. The first-order valence-corrected chi connectivity index (χ1v) is 4.78. The number of nitrogens with zero attached hydrogens (tertiary/aromatic N) is 1. The van der Waals surface area contributed by atoms with E-state index >= 15 is 0 Å². The van der Waals surface area contributed by atoms with Gasteiger partial charge in [0.15, 0.2) is 0 Å². The predicted octanol–water partition coefficient (Wildman–Crippen LogP) is 0.232. The molecule has 0 aromatic carbocycles. The van der Waals surface area contributed by atoms with E-state index in [9.17, 15) is 5.11 Å². The van der Waals surface area contributed by atoms with E-state index in [0.29, 0.717) is 6.04 Å². The average molecular weight is 171 g/mol. The quantitative estimate of drug-likeness (QED) is 0.645. The molecule has 2 saturated heterocycles. The van der Waals surface area contributed by atoms with E-state index in [1.165, 1.54) is 0 Å². The predicted molar refractivity (Wildman–Crippen MR) is 46.0 cm³/mol. The fraction of sp³-hybridized carbons (Fsp3) is 1.00. The minimum Gasteiger partial charge on any atom is -0.387 e. The van der Waals surface area contributed by atoms with Crippen molar-refractivity contribution in [1.82, 2.24) is 4.90 Å². The van der Waals surface area contributed by atoms with E-state index in [4.69, 9.17) is 4.74 Å². The Hall–Kier alpha value is -0.120. The van der Waals surface area contributed by atoms with Gasteiger partial charge in [-0.25, -0.2) is 0 Å². The molecule has 70 valence electrons. The van der Waals surface area contributed by atoms with Gasteiger partial charge in [0.1, 0.15) is 0 Å². The molecule has 12 heavy (non-hydrogen) atoms. The second kappa shape index (κ2) is 2.98. The highest BCUT2D eigenvalue weighted by atomic mass is 16.5. The van der Waals surface area contributed by atoms with Crippen molar-refractivity contribution < 1.29 is 9.84 Å². The second-order valence-electron chi connectivity index (χ2n) is 4.00.